The molecule has 2 aromatic rings. The molecule has 96 valence electrons. The Bertz CT molecular complexity index is 649. The number of ether oxygens (including phenoxy) is 1. The van der Waals surface area contributed by atoms with Crippen molar-refractivity contribution < 1.29 is 9.13 Å². The predicted molar refractivity (Wildman–Crippen MR) is 74.1 cm³/mol. The quantitative estimate of drug-likeness (QED) is 0.771. The summed E-state index contributed by atoms with van der Waals surface area (Å²) in [5.74, 6) is 0.0673. The first-order chi connectivity index (χ1) is 9.15. The summed E-state index contributed by atoms with van der Waals surface area (Å²) >= 11 is 1.46. The van der Waals surface area contributed by atoms with Crippen molar-refractivity contribution in [2.45, 2.75) is 11.8 Å². The van der Waals surface area contributed by atoms with Crippen molar-refractivity contribution in [1.82, 2.24) is 0 Å². The Balaban J connectivity index is 2.44. The van der Waals surface area contributed by atoms with Gasteiger partial charge in [-0.1, -0.05) is 12.1 Å². The molecule has 19 heavy (non-hydrogen) atoms. The van der Waals surface area contributed by atoms with Gasteiger partial charge < -0.3 is 4.74 Å². The highest BCUT2D eigenvalue weighted by Crippen LogP contribution is 2.32. The molecule has 0 unspecified atom stereocenters. The number of hydrogen-bond acceptors (Lipinski definition) is 3. The minimum absolute atomic E-state index is 0.134. The molecule has 0 saturated heterocycles. The molecular weight excluding hydrogens is 261 g/mol. The fraction of sp³-hybridized carbons (Fsp3) is 0.133. The molecule has 0 N–H and O–H groups in total. The van der Waals surface area contributed by atoms with Crippen molar-refractivity contribution in [1.29, 1.82) is 5.26 Å². The van der Waals surface area contributed by atoms with E-state index < -0.39 is 5.82 Å². The number of thioether (sulfide) groups is 1. The van der Waals surface area contributed by atoms with Crippen LogP contribution in [0, 0.1) is 24.1 Å². The Labute approximate surface area is 115 Å². The monoisotopic (exact) mass is 273 g/mol. The average molecular weight is 273 g/mol. The van der Waals surface area contributed by atoms with Crippen molar-refractivity contribution >= 4 is 11.8 Å². The normalized spacial score (nSPS) is 10.0. The number of halogens is 1. The molecular formula is C15H12FNOS. The van der Waals surface area contributed by atoms with Crippen LogP contribution in [0.4, 0.5) is 4.39 Å². The van der Waals surface area contributed by atoms with Gasteiger partial charge in [0.25, 0.3) is 0 Å². The van der Waals surface area contributed by atoms with Crippen molar-refractivity contribution in [3.05, 3.63) is 53.3 Å². The van der Waals surface area contributed by atoms with Gasteiger partial charge in [-0.2, -0.15) is 5.26 Å². The zero-order valence-corrected chi connectivity index (χ0v) is 11.4. The lowest BCUT2D eigenvalue weighted by Gasteiger charge is -2.10. The Morgan fingerprint density at radius 1 is 1.21 bits per heavy atom. The first-order valence-electron chi connectivity index (χ1n) is 5.67. The minimum atomic E-state index is -0.441. The maximum atomic E-state index is 13.7. The molecule has 0 aliphatic heterocycles. The van der Waals surface area contributed by atoms with Crippen LogP contribution in [0.1, 0.15) is 11.1 Å². The van der Waals surface area contributed by atoms with Crippen molar-refractivity contribution in [2.24, 2.45) is 0 Å². The summed E-state index contributed by atoms with van der Waals surface area (Å²) in [6.45, 7) is 1.86. The van der Waals surface area contributed by atoms with Crippen molar-refractivity contribution in [3.63, 3.8) is 0 Å². The molecule has 2 nitrogen and oxygen atoms in total. The van der Waals surface area contributed by atoms with Gasteiger partial charge in [-0.15, -0.1) is 11.8 Å². The molecule has 0 heterocycles. The van der Waals surface area contributed by atoms with Gasteiger partial charge in [0.2, 0.25) is 0 Å². The molecule has 0 aliphatic rings. The average Bonchev–Trinajstić information content (AvgIpc) is 2.42. The molecule has 0 aliphatic carbocycles. The lowest BCUT2D eigenvalue weighted by molar-refractivity contribution is 0.439. The molecule has 0 bridgehead atoms. The van der Waals surface area contributed by atoms with Crippen LogP contribution in [0.15, 0.2) is 41.3 Å². The number of benzene rings is 2. The fourth-order valence-electron chi connectivity index (χ4n) is 1.68. The number of nitrogens with zero attached hydrogens (tertiary/aromatic N) is 1. The van der Waals surface area contributed by atoms with Crippen LogP contribution >= 0.6 is 11.8 Å². The van der Waals surface area contributed by atoms with E-state index in [0.29, 0.717) is 11.3 Å². The summed E-state index contributed by atoms with van der Waals surface area (Å²) in [5.41, 5.74) is 1.33. The third kappa shape index (κ3) is 2.88. The SMILES string of the molecule is CSc1cccc(Oc2cc(C)ccc2F)c1C#N. The second kappa shape index (κ2) is 5.77. The van der Waals surface area contributed by atoms with Crippen LogP contribution in [0.5, 0.6) is 11.5 Å². The first kappa shape index (κ1) is 13.4. The van der Waals surface area contributed by atoms with Gasteiger partial charge in [-0.25, -0.2) is 4.39 Å². The largest absolute Gasteiger partial charge is 0.453 e. The van der Waals surface area contributed by atoms with Gasteiger partial charge in [0.05, 0.1) is 0 Å². The van der Waals surface area contributed by atoms with E-state index in [1.807, 2.05) is 19.2 Å². The number of nitriles is 1. The summed E-state index contributed by atoms with van der Waals surface area (Å²) in [4.78, 5) is 0.813. The molecule has 0 radical (unpaired) electrons. The predicted octanol–water partition coefficient (Wildman–Crippen LogP) is 4.52. The highest BCUT2D eigenvalue weighted by Gasteiger charge is 2.11. The zero-order valence-electron chi connectivity index (χ0n) is 10.6. The van der Waals surface area contributed by atoms with Gasteiger partial charge >= 0.3 is 0 Å². The maximum Gasteiger partial charge on any atom is 0.165 e. The fourth-order valence-corrected chi connectivity index (χ4v) is 2.25. The molecule has 0 aromatic heterocycles. The second-order valence-electron chi connectivity index (χ2n) is 3.98. The van der Waals surface area contributed by atoms with Gasteiger partial charge in [0.1, 0.15) is 17.4 Å². The summed E-state index contributed by atoms with van der Waals surface area (Å²) in [6.07, 6.45) is 1.88. The highest BCUT2D eigenvalue weighted by molar-refractivity contribution is 7.98. The summed E-state index contributed by atoms with van der Waals surface area (Å²) < 4.78 is 19.2. The molecule has 0 atom stereocenters. The summed E-state index contributed by atoms with van der Waals surface area (Å²) in [6, 6.07) is 12.0. The van der Waals surface area contributed by atoms with Crippen LogP contribution in [-0.2, 0) is 0 Å². The van der Waals surface area contributed by atoms with E-state index in [0.717, 1.165) is 10.5 Å². The van der Waals surface area contributed by atoms with E-state index in [1.54, 1.807) is 24.3 Å². The van der Waals surface area contributed by atoms with E-state index in [-0.39, 0.29) is 5.75 Å². The third-order valence-corrected chi connectivity index (χ3v) is 3.41. The number of rotatable bonds is 3. The van der Waals surface area contributed by atoms with E-state index in [2.05, 4.69) is 6.07 Å². The van der Waals surface area contributed by atoms with E-state index in [1.165, 1.54) is 17.8 Å². The Kier molecular flexibility index (Phi) is 4.08. The lowest BCUT2D eigenvalue weighted by atomic mass is 10.2. The van der Waals surface area contributed by atoms with E-state index in [4.69, 9.17) is 4.74 Å². The Morgan fingerprint density at radius 2 is 2.00 bits per heavy atom. The van der Waals surface area contributed by atoms with Gasteiger partial charge in [-0.3, -0.25) is 0 Å². The molecule has 2 rings (SSSR count). The molecule has 0 spiro atoms. The van der Waals surface area contributed by atoms with Crippen LogP contribution < -0.4 is 4.74 Å². The maximum absolute atomic E-state index is 13.7. The van der Waals surface area contributed by atoms with E-state index >= 15 is 0 Å². The van der Waals surface area contributed by atoms with Gasteiger partial charge in [0.15, 0.2) is 11.6 Å². The van der Waals surface area contributed by atoms with E-state index in [9.17, 15) is 9.65 Å². The van der Waals surface area contributed by atoms with Crippen molar-refractivity contribution in [2.75, 3.05) is 6.26 Å². The molecule has 0 amide bonds. The summed E-state index contributed by atoms with van der Waals surface area (Å²) in [7, 11) is 0. The third-order valence-electron chi connectivity index (χ3n) is 2.63. The first-order valence-corrected chi connectivity index (χ1v) is 6.89. The Hall–Kier alpha value is -1.99. The molecule has 4 heteroatoms. The standard InChI is InChI=1S/C15H12FNOS/c1-10-6-7-12(16)14(8-10)18-13-4-3-5-15(19-2)11(13)9-17/h3-8H,1-2H3. The topological polar surface area (TPSA) is 33.0 Å². The van der Waals surface area contributed by atoms with Crippen LogP contribution in [0.3, 0.4) is 0 Å². The van der Waals surface area contributed by atoms with Crippen molar-refractivity contribution in [3.8, 4) is 17.6 Å². The molecule has 0 saturated carbocycles. The zero-order chi connectivity index (χ0) is 13.8. The van der Waals surface area contributed by atoms with Crippen LogP contribution in [-0.4, -0.2) is 6.26 Å². The molecule has 2 aromatic carbocycles. The Morgan fingerprint density at radius 3 is 2.68 bits per heavy atom. The summed E-state index contributed by atoms with van der Waals surface area (Å²) in [5, 5.41) is 9.20. The number of aryl methyl sites for hydroxylation is 1. The van der Waals surface area contributed by atoms with Crippen LogP contribution in [0.2, 0.25) is 0 Å². The number of hydrogen-bond donors (Lipinski definition) is 0. The lowest BCUT2D eigenvalue weighted by Crippen LogP contribution is -1.93. The van der Waals surface area contributed by atoms with Crippen LogP contribution in [0.25, 0.3) is 0 Å². The smallest absolute Gasteiger partial charge is 0.165 e. The van der Waals surface area contributed by atoms with Gasteiger partial charge in [0, 0.05) is 4.90 Å². The minimum Gasteiger partial charge on any atom is -0.453 e. The molecule has 0 fully saturated rings. The van der Waals surface area contributed by atoms with Gasteiger partial charge in [-0.05, 0) is 43.0 Å². The highest BCUT2D eigenvalue weighted by atomic mass is 32.2. The second-order valence-corrected chi connectivity index (χ2v) is 4.83.